The van der Waals surface area contributed by atoms with Crippen LogP contribution in [0.3, 0.4) is 0 Å². The summed E-state index contributed by atoms with van der Waals surface area (Å²) in [7, 11) is 11.3. The Morgan fingerprint density at radius 1 is 0.415 bits per heavy atom. The summed E-state index contributed by atoms with van der Waals surface area (Å²) < 4.78 is 5.10. The van der Waals surface area contributed by atoms with Crippen molar-refractivity contribution in [3.8, 4) is 39.3 Å². The molecule has 53 heavy (non-hydrogen) atoms. The van der Waals surface area contributed by atoms with Crippen molar-refractivity contribution in [2.24, 2.45) is 0 Å². The third-order valence-electron chi connectivity index (χ3n) is 11.8. The van der Waals surface area contributed by atoms with Crippen molar-refractivity contribution in [3.63, 3.8) is 0 Å². The maximum absolute atomic E-state index is 5.47. The summed E-state index contributed by atoms with van der Waals surface area (Å²) in [5, 5.41) is 7.49. The second-order valence-corrected chi connectivity index (χ2v) is 15.5. The normalized spacial score (nSPS) is 11.8. The molecule has 8 heteroatoms. The van der Waals surface area contributed by atoms with E-state index in [9.17, 15) is 0 Å². The average molecular weight is 688 g/mol. The number of hydrogen-bond donors (Lipinski definition) is 0. The maximum Gasteiger partial charge on any atom is 0.144 e. The molecule has 0 atom stereocenters. The van der Waals surface area contributed by atoms with Gasteiger partial charge in [-0.05, 0) is 69.4 Å². The zero-order chi connectivity index (χ0) is 36.0. The van der Waals surface area contributed by atoms with Crippen LogP contribution in [0.1, 0.15) is 0 Å². The minimum atomic E-state index is 0.991. The van der Waals surface area contributed by atoms with Crippen LogP contribution in [0.4, 0.5) is 0 Å². The molecule has 0 saturated heterocycles. The molecule has 0 aliphatic heterocycles. The Hall–Kier alpha value is -5.71. The lowest BCUT2D eigenvalue weighted by Crippen LogP contribution is -2.55. The highest BCUT2D eigenvalue weighted by atomic mass is 32.1. The van der Waals surface area contributed by atoms with Crippen molar-refractivity contribution in [1.82, 2.24) is 9.55 Å². The van der Waals surface area contributed by atoms with E-state index in [-0.39, 0.29) is 0 Å². The predicted octanol–water partition coefficient (Wildman–Crippen LogP) is 3.99. The van der Waals surface area contributed by atoms with E-state index in [1.54, 1.807) is 0 Å². The molecule has 244 valence electrons. The molecule has 2 heterocycles. The Bertz CT molecular complexity index is 3100. The van der Waals surface area contributed by atoms with E-state index in [4.69, 9.17) is 4.98 Å². The third kappa shape index (κ3) is 4.82. The summed E-state index contributed by atoms with van der Waals surface area (Å²) in [6.07, 6.45) is 0. The number of thiophene rings is 1. The summed E-state index contributed by atoms with van der Waals surface area (Å²) in [4.78, 5) is 5.47. The van der Waals surface area contributed by atoms with Gasteiger partial charge in [0.05, 0.1) is 16.7 Å². The summed E-state index contributed by atoms with van der Waals surface area (Å²) in [5.41, 5.74) is 16.0. The quantitative estimate of drug-likeness (QED) is 0.202. The Kier molecular flexibility index (Phi) is 7.35. The molecule has 0 unspecified atom stereocenters. The molecule has 0 amide bonds. The number of nitrogens with zero attached hydrogens (tertiary/aromatic N) is 2. The number of aromatic nitrogens is 2. The van der Waals surface area contributed by atoms with Crippen molar-refractivity contribution in [1.29, 1.82) is 0 Å². The van der Waals surface area contributed by atoms with Crippen LogP contribution < -0.4 is 27.3 Å². The van der Waals surface area contributed by atoms with Gasteiger partial charge in [-0.15, -0.1) is 27.7 Å². The molecule has 10 aromatic rings. The van der Waals surface area contributed by atoms with Crippen LogP contribution in [-0.2, 0) is 0 Å². The second-order valence-electron chi connectivity index (χ2n) is 14.5. The van der Waals surface area contributed by atoms with Gasteiger partial charge in [0.25, 0.3) is 0 Å². The second kappa shape index (κ2) is 12.2. The van der Waals surface area contributed by atoms with E-state index < -0.39 is 0 Å². The average Bonchev–Trinajstić information content (AvgIpc) is 3.76. The monoisotopic (exact) mass is 688 g/mol. The van der Waals surface area contributed by atoms with Crippen molar-refractivity contribution in [2.75, 3.05) is 0 Å². The fourth-order valence-corrected chi connectivity index (χ4v) is 9.74. The molecular weight excluding hydrogens is 655 g/mol. The summed E-state index contributed by atoms with van der Waals surface area (Å²) in [6, 6.07) is 51.3. The highest BCUT2D eigenvalue weighted by Gasteiger charge is 2.25. The van der Waals surface area contributed by atoms with E-state index in [2.05, 4.69) is 183 Å². The molecule has 0 N–H and O–H groups in total. The lowest BCUT2D eigenvalue weighted by molar-refractivity contribution is 1.13. The van der Waals surface area contributed by atoms with Gasteiger partial charge in [0, 0.05) is 36.5 Å². The molecule has 0 saturated carbocycles. The minimum Gasteiger partial charge on any atom is -0.291 e. The van der Waals surface area contributed by atoms with Gasteiger partial charge in [0.15, 0.2) is 0 Å². The number of rotatable bonds is 4. The predicted molar refractivity (Wildman–Crippen MR) is 246 cm³/mol. The zero-order valence-corrected chi connectivity index (χ0v) is 31.4. The van der Waals surface area contributed by atoms with Crippen molar-refractivity contribution in [3.05, 3.63) is 140 Å². The first-order chi connectivity index (χ1) is 25.9. The molecule has 0 spiro atoms. The van der Waals surface area contributed by atoms with Gasteiger partial charge in [-0.25, -0.2) is 4.98 Å². The fraction of sp³-hybridized carbons (Fsp3) is 0. The van der Waals surface area contributed by atoms with E-state index in [1.807, 2.05) is 11.3 Å². The number of fused-ring (bicyclic) bond motifs is 6. The highest BCUT2D eigenvalue weighted by Crippen LogP contribution is 2.46. The smallest absolute Gasteiger partial charge is 0.144 e. The van der Waals surface area contributed by atoms with Crippen molar-refractivity contribution >= 4 is 131 Å². The first kappa shape index (κ1) is 32.0. The van der Waals surface area contributed by atoms with Gasteiger partial charge in [-0.1, -0.05) is 114 Å². The molecule has 8 aromatic carbocycles. The first-order valence-electron chi connectivity index (χ1n) is 18.4. The van der Waals surface area contributed by atoms with E-state index >= 15 is 0 Å². The van der Waals surface area contributed by atoms with Gasteiger partial charge in [-0.3, -0.25) is 4.57 Å². The highest BCUT2D eigenvalue weighted by molar-refractivity contribution is 7.25. The summed E-state index contributed by atoms with van der Waals surface area (Å²) >= 11 is 1.87. The molecule has 0 bridgehead atoms. The van der Waals surface area contributed by atoms with Crippen LogP contribution in [0, 0.1) is 0 Å². The molecule has 10 rings (SSSR count). The molecule has 0 fully saturated rings. The van der Waals surface area contributed by atoms with Crippen LogP contribution in [0.5, 0.6) is 0 Å². The van der Waals surface area contributed by atoms with Gasteiger partial charge >= 0.3 is 0 Å². The number of imidazole rings is 1. The van der Waals surface area contributed by atoms with Crippen LogP contribution in [0.25, 0.3) is 92.1 Å². The van der Waals surface area contributed by atoms with E-state index in [1.165, 1.54) is 103 Å². The third-order valence-corrected chi connectivity index (χ3v) is 12.9. The molecule has 0 aliphatic carbocycles. The van der Waals surface area contributed by atoms with Crippen molar-refractivity contribution in [2.45, 2.75) is 0 Å². The fourth-order valence-electron chi connectivity index (χ4n) is 8.65. The van der Waals surface area contributed by atoms with Crippen LogP contribution in [0.15, 0.2) is 140 Å². The Balaban J connectivity index is 1.38. The maximum atomic E-state index is 5.47. The van der Waals surface area contributed by atoms with E-state index in [0.717, 1.165) is 16.9 Å². The molecular formula is C45H33B5N2S. The largest absolute Gasteiger partial charge is 0.291 e. The summed E-state index contributed by atoms with van der Waals surface area (Å²) in [6.45, 7) is 0. The van der Waals surface area contributed by atoms with Gasteiger partial charge in [-0.2, -0.15) is 0 Å². The number of para-hydroxylation sites is 2. The SMILES string of the molecule is Bc1c(B)c(B)c(-c2nc3ccccc3n2-c2c3ccccc3c(-c3ccc4sc5ccccc5c4c3)c3cc(-c4ccccc4)ccc23)c(B)c1B. The van der Waals surface area contributed by atoms with E-state index in [0.29, 0.717) is 0 Å². The van der Waals surface area contributed by atoms with Gasteiger partial charge in [0.1, 0.15) is 45.1 Å². The van der Waals surface area contributed by atoms with Crippen molar-refractivity contribution < 1.29 is 0 Å². The summed E-state index contributed by atoms with van der Waals surface area (Å²) in [5.74, 6) is 0.991. The van der Waals surface area contributed by atoms with Crippen LogP contribution >= 0.6 is 11.3 Å². The molecule has 0 radical (unpaired) electrons. The Morgan fingerprint density at radius 3 is 1.79 bits per heavy atom. The first-order valence-corrected chi connectivity index (χ1v) is 19.2. The lowest BCUT2D eigenvalue weighted by Gasteiger charge is -2.23. The van der Waals surface area contributed by atoms with Gasteiger partial charge < -0.3 is 0 Å². The standard InChI is InChI=1S/C45H33B5N2S/c46-39-38(40(47)42(49)43(50)41(39)48)45-51-33-15-7-8-16-34(33)52(45)44-29-14-5-4-13-28(29)37(32-22-25(18-20-30(32)44)24-10-2-1-3-11-24)26-19-21-36-31(23-26)27-12-6-9-17-35(27)53-36/h1-23H,46-50H2. The molecule has 2 nitrogen and oxygen atoms in total. The van der Waals surface area contributed by atoms with Crippen LogP contribution in [-0.4, -0.2) is 48.8 Å². The topological polar surface area (TPSA) is 17.8 Å². The Morgan fingerprint density at radius 2 is 1.00 bits per heavy atom. The minimum absolute atomic E-state index is 0.991. The van der Waals surface area contributed by atoms with Crippen LogP contribution in [0.2, 0.25) is 0 Å². The number of hydrogen-bond acceptors (Lipinski definition) is 2. The number of benzene rings is 8. The molecule has 2 aromatic heterocycles. The Labute approximate surface area is 317 Å². The zero-order valence-electron chi connectivity index (χ0n) is 30.6. The lowest BCUT2D eigenvalue weighted by atomic mass is 9.60. The molecule has 0 aliphatic rings. The van der Waals surface area contributed by atoms with Gasteiger partial charge in [0.2, 0.25) is 0 Å².